The minimum Gasteiger partial charge on any atom is -0.328 e. The Morgan fingerprint density at radius 2 is 2.00 bits per heavy atom. The second kappa shape index (κ2) is 3.59. The molecule has 15 heavy (non-hydrogen) atoms. The van der Waals surface area contributed by atoms with Gasteiger partial charge in [-0.1, -0.05) is 6.42 Å². The summed E-state index contributed by atoms with van der Waals surface area (Å²) in [6.45, 7) is 0. The Hall–Kier alpha value is -0.900. The standard InChI is InChI=1S/C11H18N4/c12-9-3-1-2-8(6-9)11-13-10(14-15-11)7-4-5-7/h7-9H,1-6,12H2,(H,13,14,15). The Labute approximate surface area is 89.7 Å². The molecule has 2 unspecified atom stereocenters. The van der Waals surface area contributed by atoms with Gasteiger partial charge in [0.05, 0.1) is 0 Å². The van der Waals surface area contributed by atoms with Gasteiger partial charge < -0.3 is 5.73 Å². The number of rotatable bonds is 2. The van der Waals surface area contributed by atoms with Crippen molar-refractivity contribution in [1.29, 1.82) is 0 Å². The van der Waals surface area contributed by atoms with Gasteiger partial charge in [-0.25, -0.2) is 4.98 Å². The fourth-order valence-electron chi connectivity index (χ4n) is 2.47. The second-order valence-corrected chi connectivity index (χ2v) is 4.98. The first kappa shape index (κ1) is 9.33. The lowest BCUT2D eigenvalue weighted by Gasteiger charge is -2.24. The molecule has 4 nitrogen and oxygen atoms in total. The third-order valence-corrected chi connectivity index (χ3v) is 3.56. The molecule has 2 saturated carbocycles. The van der Waals surface area contributed by atoms with E-state index in [4.69, 9.17) is 5.73 Å². The Balaban J connectivity index is 1.73. The van der Waals surface area contributed by atoms with Crippen molar-refractivity contribution in [2.45, 2.75) is 56.4 Å². The third-order valence-electron chi connectivity index (χ3n) is 3.56. The summed E-state index contributed by atoms with van der Waals surface area (Å²) in [5, 5.41) is 7.42. The zero-order valence-corrected chi connectivity index (χ0v) is 8.95. The fourth-order valence-corrected chi connectivity index (χ4v) is 2.47. The number of hydrogen-bond donors (Lipinski definition) is 2. The lowest BCUT2D eigenvalue weighted by molar-refractivity contribution is 0.382. The zero-order valence-electron chi connectivity index (χ0n) is 8.95. The van der Waals surface area contributed by atoms with Gasteiger partial charge in [0.25, 0.3) is 0 Å². The largest absolute Gasteiger partial charge is 0.328 e. The van der Waals surface area contributed by atoms with E-state index in [1.54, 1.807) is 0 Å². The van der Waals surface area contributed by atoms with E-state index in [-0.39, 0.29) is 0 Å². The molecule has 82 valence electrons. The van der Waals surface area contributed by atoms with Crippen molar-refractivity contribution in [1.82, 2.24) is 15.2 Å². The number of nitrogens with two attached hydrogens (primary N) is 1. The Morgan fingerprint density at radius 1 is 1.13 bits per heavy atom. The first-order valence-corrected chi connectivity index (χ1v) is 6.00. The number of H-pyrrole nitrogens is 1. The Bertz CT molecular complexity index is 342. The van der Waals surface area contributed by atoms with E-state index in [0.717, 1.165) is 24.5 Å². The summed E-state index contributed by atoms with van der Waals surface area (Å²) in [6, 6.07) is 0.353. The maximum absolute atomic E-state index is 5.98. The predicted octanol–water partition coefficient (Wildman–Crippen LogP) is 1.67. The number of aromatic amines is 1. The molecule has 0 saturated heterocycles. The molecule has 2 aliphatic carbocycles. The molecule has 3 N–H and O–H groups in total. The van der Waals surface area contributed by atoms with Gasteiger partial charge in [0, 0.05) is 17.9 Å². The molecule has 1 aromatic rings. The number of aromatic nitrogens is 3. The smallest absolute Gasteiger partial charge is 0.153 e. The van der Waals surface area contributed by atoms with Crippen LogP contribution in [0, 0.1) is 0 Å². The molecule has 0 radical (unpaired) electrons. The number of nitrogens with zero attached hydrogens (tertiary/aromatic N) is 2. The summed E-state index contributed by atoms with van der Waals surface area (Å²) in [5.41, 5.74) is 5.98. The van der Waals surface area contributed by atoms with Crippen molar-refractivity contribution in [2.75, 3.05) is 0 Å². The highest BCUT2D eigenvalue weighted by molar-refractivity contribution is 5.08. The molecule has 2 fully saturated rings. The Kier molecular flexibility index (Phi) is 2.24. The van der Waals surface area contributed by atoms with Crippen LogP contribution in [-0.2, 0) is 0 Å². The molecule has 0 amide bonds. The van der Waals surface area contributed by atoms with Crippen molar-refractivity contribution in [3.05, 3.63) is 11.6 Å². The van der Waals surface area contributed by atoms with E-state index < -0.39 is 0 Å². The van der Waals surface area contributed by atoms with E-state index in [1.165, 1.54) is 25.7 Å². The molecular formula is C11H18N4. The molecule has 3 rings (SSSR count). The molecule has 0 aliphatic heterocycles. The fraction of sp³-hybridized carbons (Fsp3) is 0.818. The molecule has 1 heterocycles. The van der Waals surface area contributed by atoms with Gasteiger partial charge in [-0.15, -0.1) is 0 Å². The highest BCUT2D eigenvalue weighted by Gasteiger charge is 2.29. The molecule has 2 atom stereocenters. The summed E-state index contributed by atoms with van der Waals surface area (Å²) >= 11 is 0. The quantitative estimate of drug-likeness (QED) is 0.773. The highest BCUT2D eigenvalue weighted by Crippen LogP contribution is 2.39. The van der Waals surface area contributed by atoms with Gasteiger partial charge in [0.15, 0.2) is 5.82 Å². The minimum atomic E-state index is 0.353. The van der Waals surface area contributed by atoms with Crippen LogP contribution in [-0.4, -0.2) is 21.2 Å². The molecule has 2 aliphatic rings. The lowest BCUT2D eigenvalue weighted by Crippen LogP contribution is -2.27. The maximum Gasteiger partial charge on any atom is 0.153 e. The first-order valence-electron chi connectivity index (χ1n) is 6.00. The first-order chi connectivity index (χ1) is 7.33. The number of nitrogens with one attached hydrogen (secondary N) is 1. The summed E-state index contributed by atoms with van der Waals surface area (Å²) < 4.78 is 0. The summed E-state index contributed by atoms with van der Waals surface area (Å²) in [7, 11) is 0. The molecule has 4 heteroatoms. The maximum atomic E-state index is 5.98. The molecule has 0 bridgehead atoms. The van der Waals surface area contributed by atoms with Crippen LogP contribution in [0.2, 0.25) is 0 Å². The van der Waals surface area contributed by atoms with E-state index in [1.807, 2.05) is 0 Å². The van der Waals surface area contributed by atoms with Gasteiger partial charge in [-0.05, 0) is 32.1 Å². The molecular weight excluding hydrogens is 188 g/mol. The summed E-state index contributed by atoms with van der Waals surface area (Å²) in [5.74, 6) is 3.28. The van der Waals surface area contributed by atoms with Crippen molar-refractivity contribution in [3.63, 3.8) is 0 Å². The highest BCUT2D eigenvalue weighted by atomic mass is 15.2. The van der Waals surface area contributed by atoms with Gasteiger partial charge in [0.2, 0.25) is 0 Å². The second-order valence-electron chi connectivity index (χ2n) is 4.98. The normalized spacial score (nSPS) is 31.8. The average Bonchev–Trinajstić information content (AvgIpc) is 2.97. The van der Waals surface area contributed by atoms with Crippen molar-refractivity contribution < 1.29 is 0 Å². The Morgan fingerprint density at radius 3 is 2.73 bits per heavy atom. The van der Waals surface area contributed by atoms with E-state index in [2.05, 4.69) is 15.2 Å². The summed E-state index contributed by atoms with van der Waals surface area (Å²) in [4.78, 5) is 4.61. The minimum absolute atomic E-state index is 0.353. The predicted molar refractivity (Wildman–Crippen MR) is 57.5 cm³/mol. The van der Waals surface area contributed by atoms with Crippen LogP contribution in [0.4, 0.5) is 0 Å². The zero-order chi connectivity index (χ0) is 10.3. The molecule has 0 aromatic carbocycles. The number of hydrogen-bond acceptors (Lipinski definition) is 3. The van der Waals surface area contributed by atoms with Gasteiger partial charge in [0.1, 0.15) is 5.82 Å². The third kappa shape index (κ3) is 1.91. The van der Waals surface area contributed by atoms with Crippen molar-refractivity contribution >= 4 is 0 Å². The van der Waals surface area contributed by atoms with Gasteiger partial charge in [-0.2, -0.15) is 5.10 Å². The van der Waals surface area contributed by atoms with Crippen LogP contribution in [0.5, 0.6) is 0 Å². The monoisotopic (exact) mass is 206 g/mol. The van der Waals surface area contributed by atoms with Gasteiger partial charge >= 0.3 is 0 Å². The summed E-state index contributed by atoms with van der Waals surface area (Å²) in [6.07, 6.45) is 7.20. The van der Waals surface area contributed by atoms with Crippen LogP contribution < -0.4 is 5.73 Å². The SMILES string of the molecule is NC1CCCC(c2n[nH]c(C3CC3)n2)C1. The van der Waals surface area contributed by atoms with Crippen LogP contribution in [0.25, 0.3) is 0 Å². The average molecular weight is 206 g/mol. The van der Waals surface area contributed by atoms with E-state index in [9.17, 15) is 0 Å². The van der Waals surface area contributed by atoms with E-state index in [0.29, 0.717) is 17.9 Å². The van der Waals surface area contributed by atoms with Crippen LogP contribution in [0.15, 0.2) is 0 Å². The van der Waals surface area contributed by atoms with Crippen molar-refractivity contribution in [2.24, 2.45) is 5.73 Å². The topological polar surface area (TPSA) is 67.6 Å². The lowest BCUT2D eigenvalue weighted by atomic mass is 9.86. The van der Waals surface area contributed by atoms with E-state index >= 15 is 0 Å². The van der Waals surface area contributed by atoms with Crippen LogP contribution in [0.1, 0.15) is 62.0 Å². The van der Waals surface area contributed by atoms with Crippen molar-refractivity contribution in [3.8, 4) is 0 Å². The van der Waals surface area contributed by atoms with Crippen LogP contribution >= 0.6 is 0 Å². The molecule has 1 aromatic heterocycles. The molecule has 0 spiro atoms. The van der Waals surface area contributed by atoms with Crippen LogP contribution in [0.3, 0.4) is 0 Å². The van der Waals surface area contributed by atoms with Gasteiger partial charge in [-0.3, -0.25) is 5.10 Å².